The van der Waals surface area contributed by atoms with Gasteiger partial charge in [-0.3, -0.25) is 4.21 Å². The number of hydrogen-bond acceptors (Lipinski definition) is 2. The predicted molar refractivity (Wildman–Crippen MR) is 51.7 cm³/mol. The molecule has 0 aliphatic heterocycles. The van der Waals surface area contributed by atoms with Gasteiger partial charge in [0.05, 0.1) is 0 Å². The Balaban J connectivity index is -0.0000000337. The summed E-state index contributed by atoms with van der Waals surface area (Å²) in [6.07, 6.45) is 0. The Labute approximate surface area is 112 Å². The molecule has 7 nitrogen and oxygen atoms in total. The Morgan fingerprint density at radius 3 is 1.40 bits per heavy atom. The van der Waals surface area contributed by atoms with E-state index in [2.05, 4.69) is 0 Å². The fourth-order valence-corrected chi connectivity index (χ4v) is 0.911. The average Bonchev–Trinajstić information content (AvgIpc) is 1.90. The molecular formula is C6H15NaO7S. The molecule has 0 spiro atoms. The second-order valence-corrected chi connectivity index (χ2v) is 2.49. The SMILES string of the molecule is O.O.O.O.O.O=S([O-])c1ccccc1.[Na+]. The van der Waals surface area contributed by atoms with Crippen molar-refractivity contribution >= 4 is 11.1 Å². The quantitative estimate of drug-likeness (QED) is 0.355. The predicted octanol–water partition coefficient (Wildman–Crippen LogP) is -6.19. The minimum atomic E-state index is -2.08. The van der Waals surface area contributed by atoms with Gasteiger partial charge in [0.1, 0.15) is 0 Å². The minimum absolute atomic E-state index is 0. The topological polar surface area (TPSA) is 198 Å². The van der Waals surface area contributed by atoms with E-state index in [0.717, 1.165) is 0 Å². The van der Waals surface area contributed by atoms with E-state index in [-0.39, 0.29) is 56.9 Å². The molecule has 1 aromatic carbocycles. The zero-order chi connectivity index (χ0) is 6.69. The van der Waals surface area contributed by atoms with Crippen LogP contribution >= 0.6 is 0 Å². The van der Waals surface area contributed by atoms with E-state index >= 15 is 0 Å². The van der Waals surface area contributed by atoms with E-state index in [1.165, 1.54) is 0 Å². The Kier molecular flexibility index (Phi) is 47.5. The summed E-state index contributed by atoms with van der Waals surface area (Å²) in [5.41, 5.74) is 0. The summed E-state index contributed by atoms with van der Waals surface area (Å²) in [4.78, 5) is 0.331. The summed E-state index contributed by atoms with van der Waals surface area (Å²) in [6.45, 7) is 0. The monoisotopic (exact) mass is 254 g/mol. The smallest absolute Gasteiger partial charge is 0.768 e. The van der Waals surface area contributed by atoms with E-state index < -0.39 is 11.1 Å². The van der Waals surface area contributed by atoms with Crippen LogP contribution in [0.25, 0.3) is 0 Å². The van der Waals surface area contributed by atoms with Crippen molar-refractivity contribution in [1.82, 2.24) is 0 Å². The summed E-state index contributed by atoms with van der Waals surface area (Å²) in [5, 5.41) is 0. The zero-order valence-electron chi connectivity index (χ0n) is 8.11. The Morgan fingerprint density at radius 2 is 1.20 bits per heavy atom. The van der Waals surface area contributed by atoms with Crippen molar-refractivity contribution in [2.75, 3.05) is 0 Å². The Bertz CT molecular complexity index is 220. The van der Waals surface area contributed by atoms with Crippen molar-refractivity contribution < 1.29 is 65.7 Å². The fourth-order valence-electron chi connectivity index (χ4n) is 0.532. The van der Waals surface area contributed by atoms with Gasteiger partial charge in [-0.15, -0.1) is 0 Å². The van der Waals surface area contributed by atoms with Crippen LogP contribution in [0.4, 0.5) is 0 Å². The van der Waals surface area contributed by atoms with E-state index in [1.807, 2.05) is 0 Å². The van der Waals surface area contributed by atoms with Crippen molar-refractivity contribution in [2.45, 2.75) is 4.90 Å². The summed E-state index contributed by atoms with van der Waals surface area (Å²) in [7, 11) is 0. The molecule has 0 heterocycles. The van der Waals surface area contributed by atoms with Crippen molar-refractivity contribution in [2.24, 2.45) is 0 Å². The molecule has 1 unspecified atom stereocenters. The van der Waals surface area contributed by atoms with E-state index in [9.17, 15) is 8.76 Å². The third-order valence-electron chi connectivity index (χ3n) is 0.936. The van der Waals surface area contributed by atoms with Gasteiger partial charge in [0.2, 0.25) is 0 Å². The minimum Gasteiger partial charge on any atom is -0.768 e. The largest absolute Gasteiger partial charge is 1.00 e. The third-order valence-corrected chi connectivity index (χ3v) is 1.59. The molecule has 0 aromatic heterocycles. The van der Waals surface area contributed by atoms with Crippen LogP contribution < -0.4 is 29.6 Å². The van der Waals surface area contributed by atoms with Crippen LogP contribution in [0.1, 0.15) is 0 Å². The van der Waals surface area contributed by atoms with Crippen molar-refractivity contribution in [3.8, 4) is 0 Å². The first-order valence-electron chi connectivity index (χ1n) is 2.45. The van der Waals surface area contributed by atoms with Gasteiger partial charge in [-0.25, -0.2) is 0 Å². The van der Waals surface area contributed by atoms with Crippen LogP contribution in [0.5, 0.6) is 0 Å². The van der Waals surface area contributed by atoms with E-state index in [1.54, 1.807) is 30.3 Å². The van der Waals surface area contributed by atoms with Gasteiger partial charge < -0.3 is 31.9 Å². The molecule has 10 N–H and O–H groups in total. The van der Waals surface area contributed by atoms with Crippen molar-refractivity contribution in [3.63, 3.8) is 0 Å². The molecule has 15 heavy (non-hydrogen) atoms. The van der Waals surface area contributed by atoms with Gasteiger partial charge in [0, 0.05) is 4.90 Å². The van der Waals surface area contributed by atoms with Crippen LogP contribution in [0.2, 0.25) is 0 Å². The van der Waals surface area contributed by atoms with Gasteiger partial charge in [-0.05, 0) is 23.2 Å². The zero-order valence-corrected chi connectivity index (χ0v) is 10.9. The van der Waals surface area contributed by atoms with Crippen molar-refractivity contribution in [1.29, 1.82) is 0 Å². The normalized spacial score (nSPS) is 7.80. The molecular weight excluding hydrogens is 239 g/mol. The van der Waals surface area contributed by atoms with Crippen LogP contribution in [0.15, 0.2) is 35.2 Å². The molecule has 1 aromatic rings. The number of rotatable bonds is 1. The molecule has 88 valence electrons. The molecule has 1 rings (SSSR count). The van der Waals surface area contributed by atoms with E-state index in [4.69, 9.17) is 0 Å². The Morgan fingerprint density at radius 1 is 0.867 bits per heavy atom. The molecule has 0 aliphatic carbocycles. The maximum atomic E-state index is 10.2. The molecule has 0 aliphatic rings. The summed E-state index contributed by atoms with van der Waals surface area (Å²) in [6, 6.07) is 8.23. The van der Waals surface area contributed by atoms with Crippen LogP contribution in [0.3, 0.4) is 0 Å². The Hall–Kier alpha value is 0.130. The van der Waals surface area contributed by atoms with Gasteiger partial charge in [-0.2, -0.15) is 0 Å². The molecule has 0 amide bonds. The van der Waals surface area contributed by atoms with Crippen LogP contribution in [-0.4, -0.2) is 36.1 Å². The third kappa shape index (κ3) is 14.1. The average molecular weight is 254 g/mol. The summed E-state index contributed by atoms with van der Waals surface area (Å²) in [5.74, 6) is 0. The molecule has 0 saturated carbocycles. The number of benzene rings is 1. The van der Waals surface area contributed by atoms with Gasteiger partial charge in [0.25, 0.3) is 0 Å². The second-order valence-electron chi connectivity index (χ2n) is 1.55. The molecule has 0 fully saturated rings. The van der Waals surface area contributed by atoms with Gasteiger partial charge >= 0.3 is 29.6 Å². The molecule has 0 bridgehead atoms. The van der Waals surface area contributed by atoms with Gasteiger partial charge in [0.15, 0.2) is 0 Å². The number of hydrogen-bond donors (Lipinski definition) is 0. The maximum Gasteiger partial charge on any atom is 1.00 e. The first kappa shape index (κ1) is 36.2. The fraction of sp³-hybridized carbons (Fsp3) is 0. The summed E-state index contributed by atoms with van der Waals surface area (Å²) >= 11 is -2.08. The van der Waals surface area contributed by atoms with Crippen LogP contribution in [0, 0.1) is 0 Å². The van der Waals surface area contributed by atoms with Crippen LogP contribution in [-0.2, 0) is 11.1 Å². The summed E-state index contributed by atoms with van der Waals surface area (Å²) < 4.78 is 20.4. The first-order valence-corrected chi connectivity index (χ1v) is 3.52. The standard InChI is InChI=1S/C6H6O2S.Na.5H2O/c7-9(8)6-4-2-1-3-5-6;;;;;;/h1-5H,(H,7,8);;5*1H2/q;+1;;;;;/p-1. The molecule has 0 saturated heterocycles. The van der Waals surface area contributed by atoms with Gasteiger partial charge in [-0.1, -0.05) is 18.2 Å². The first-order chi connectivity index (χ1) is 4.30. The molecule has 9 heteroatoms. The maximum absolute atomic E-state index is 10.2. The second kappa shape index (κ2) is 19.7. The van der Waals surface area contributed by atoms with E-state index in [0.29, 0.717) is 4.90 Å². The molecule has 1 atom stereocenters. The van der Waals surface area contributed by atoms with Crippen molar-refractivity contribution in [3.05, 3.63) is 30.3 Å². The molecule has 0 radical (unpaired) electrons.